The lowest BCUT2D eigenvalue weighted by Gasteiger charge is -2.10. The van der Waals surface area contributed by atoms with Crippen molar-refractivity contribution in [1.82, 2.24) is 10.6 Å². The highest BCUT2D eigenvalue weighted by molar-refractivity contribution is 5.94. The molecule has 0 spiro atoms. The number of nitrogens with one attached hydrogen (secondary N) is 2. The molecule has 0 unspecified atom stereocenters. The Morgan fingerprint density at radius 2 is 2.04 bits per heavy atom. The van der Waals surface area contributed by atoms with E-state index in [2.05, 4.69) is 17.2 Å². The monoisotopic (exact) mass is 332 g/mol. The summed E-state index contributed by atoms with van der Waals surface area (Å²) in [5.41, 5.74) is 0.777. The largest absolute Gasteiger partial charge is 0.493 e. The van der Waals surface area contributed by atoms with Gasteiger partial charge in [-0.25, -0.2) is 0 Å². The van der Waals surface area contributed by atoms with Crippen molar-refractivity contribution < 1.29 is 19.1 Å². The summed E-state index contributed by atoms with van der Waals surface area (Å²) in [7, 11) is 1.55. The molecule has 0 radical (unpaired) electrons. The first kappa shape index (κ1) is 19.3. The highest BCUT2D eigenvalue weighted by Gasteiger charge is 2.06. The molecule has 0 bridgehead atoms. The van der Waals surface area contributed by atoms with E-state index in [1.165, 1.54) is 6.08 Å². The van der Waals surface area contributed by atoms with Gasteiger partial charge >= 0.3 is 0 Å². The summed E-state index contributed by atoms with van der Waals surface area (Å²) < 4.78 is 10.7. The molecule has 24 heavy (non-hydrogen) atoms. The van der Waals surface area contributed by atoms with Crippen LogP contribution in [0.15, 0.2) is 36.9 Å². The van der Waals surface area contributed by atoms with Gasteiger partial charge in [-0.2, -0.15) is 0 Å². The first-order valence-electron chi connectivity index (χ1n) is 7.63. The first-order chi connectivity index (χ1) is 11.5. The smallest absolute Gasteiger partial charge is 0.244 e. The van der Waals surface area contributed by atoms with Crippen LogP contribution in [0.25, 0.3) is 6.08 Å². The van der Waals surface area contributed by atoms with Crippen LogP contribution in [0.5, 0.6) is 11.5 Å². The predicted octanol–water partition coefficient (Wildman–Crippen LogP) is 1.91. The topological polar surface area (TPSA) is 76.7 Å². The molecule has 0 saturated carbocycles. The second-order valence-corrected chi connectivity index (χ2v) is 5.28. The van der Waals surface area contributed by atoms with Gasteiger partial charge in [0.1, 0.15) is 6.61 Å². The molecule has 0 fully saturated rings. The van der Waals surface area contributed by atoms with Crippen molar-refractivity contribution in [2.24, 2.45) is 0 Å². The molecule has 0 aliphatic carbocycles. The van der Waals surface area contributed by atoms with Gasteiger partial charge in [0.15, 0.2) is 11.5 Å². The number of carbonyl (C=O) groups excluding carboxylic acids is 2. The van der Waals surface area contributed by atoms with Gasteiger partial charge in [0.25, 0.3) is 0 Å². The van der Waals surface area contributed by atoms with Crippen molar-refractivity contribution in [2.45, 2.75) is 19.9 Å². The fraction of sp³-hybridized carbons (Fsp3) is 0.333. The van der Waals surface area contributed by atoms with Crippen molar-refractivity contribution in [2.75, 3.05) is 20.3 Å². The van der Waals surface area contributed by atoms with Crippen molar-refractivity contribution in [3.63, 3.8) is 0 Å². The molecule has 1 aromatic rings. The van der Waals surface area contributed by atoms with Crippen molar-refractivity contribution >= 4 is 17.9 Å². The molecular formula is C18H24N2O4. The van der Waals surface area contributed by atoms with E-state index in [1.54, 1.807) is 37.5 Å². The van der Waals surface area contributed by atoms with Crippen LogP contribution >= 0.6 is 0 Å². The van der Waals surface area contributed by atoms with E-state index in [1.807, 2.05) is 13.8 Å². The Hall–Kier alpha value is -2.76. The maximum absolute atomic E-state index is 11.7. The van der Waals surface area contributed by atoms with Crippen molar-refractivity contribution in [1.29, 1.82) is 0 Å². The third-order valence-electron chi connectivity index (χ3n) is 2.84. The lowest BCUT2D eigenvalue weighted by atomic mass is 10.2. The van der Waals surface area contributed by atoms with Crippen LogP contribution in [-0.4, -0.2) is 38.1 Å². The number of amides is 2. The maximum atomic E-state index is 11.7. The second kappa shape index (κ2) is 10.1. The van der Waals surface area contributed by atoms with Crippen LogP contribution in [0.3, 0.4) is 0 Å². The molecule has 0 aliphatic heterocycles. The van der Waals surface area contributed by atoms with Gasteiger partial charge in [-0.15, -0.1) is 0 Å². The Morgan fingerprint density at radius 1 is 1.29 bits per heavy atom. The maximum Gasteiger partial charge on any atom is 0.244 e. The zero-order valence-corrected chi connectivity index (χ0v) is 14.3. The molecule has 2 N–H and O–H groups in total. The summed E-state index contributed by atoms with van der Waals surface area (Å²) in [5.74, 6) is 0.595. The van der Waals surface area contributed by atoms with Crippen LogP contribution in [-0.2, 0) is 9.59 Å². The minimum Gasteiger partial charge on any atom is -0.493 e. The Balaban J connectivity index is 2.61. The normalized spacial score (nSPS) is 10.5. The van der Waals surface area contributed by atoms with Crippen molar-refractivity contribution in [3.05, 3.63) is 42.5 Å². The van der Waals surface area contributed by atoms with Crippen LogP contribution < -0.4 is 20.1 Å². The van der Waals surface area contributed by atoms with Crippen LogP contribution in [0.4, 0.5) is 0 Å². The third kappa shape index (κ3) is 7.00. The van der Waals surface area contributed by atoms with Gasteiger partial charge in [-0.3, -0.25) is 9.59 Å². The molecular weight excluding hydrogens is 308 g/mol. The zero-order valence-electron chi connectivity index (χ0n) is 14.3. The molecule has 2 amide bonds. The van der Waals surface area contributed by atoms with Gasteiger partial charge in [0.05, 0.1) is 13.7 Å². The van der Waals surface area contributed by atoms with Gasteiger partial charge < -0.3 is 20.1 Å². The molecule has 0 atom stereocenters. The van der Waals surface area contributed by atoms with Crippen molar-refractivity contribution in [3.8, 4) is 11.5 Å². The third-order valence-corrected chi connectivity index (χ3v) is 2.84. The number of hydrogen-bond acceptors (Lipinski definition) is 4. The summed E-state index contributed by atoms with van der Waals surface area (Å²) in [6.07, 6.45) is 4.64. The number of carbonyl (C=O) groups is 2. The molecule has 0 aliphatic rings. The number of benzene rings is 1. The predicted molar refractivity (Wildman–Crippen MR) is 94.0 cm³/mol. The summed E-state index contributed by atoms with van der Waals surface area (Å²) in [6.45, 7) is 7.63. The van der Waals surface area contributed by atoms with Crippen LogP contribution in [0, 0.1) is 0 Å². The summed E-state index contributed by atoms with van der Waals surface area (Å²) in [5, 5.41) is 5.22. The number of ether oxygens (including phenoxy) is 2. The minimum absolute atomic E-state index is 0.0410. The molecule has 1 rings (SSSR count). The fourth-order valence-corrected chi connectivity index (χ4v) is 1.83. The average Bonchev–Trinajstić information content (AvgIpc) is 2.55. The molecule has 6 heteroatoms. The minimum atomic E-state index is -0.347. The van der Waals surface area contributed by atoms with E-state index in [9.17, 15) is 9.59 Å². The average molecular weight is 332 g/mol. The number of hydrogen-bond donors (Lipinski definition) is 2. The first-order valence-corrected chi connectivity index (χ1v) is 7.63. The Morgan fingerprint density at radius 3 is 2.67 bits per heavy atom. The molecule has 0 saturated heterocycles. The summed E-state index contributed by atoms with van der Waals surface area (Å²) >= 11 is 0. The van der Waals surface area contributed by atoms with E-state index in [-0.39, 0.29) is 24.4 Å². The SMILES string of the molecule is C=CCOc1ccc(/C=C/C(=O)NCC(=O)NC(C)C)cc1OC. The molecule has 130 valence electrons. The Bertz CT molecular complexity index is 609. The van der Waals surface area contributed by atoms with E-state index in [4.69, 9.17) is 9.47 Å². The summed E-state index contributed by atoms with van der Waals surface area (Å²) in [4.78, 5) is 23.2. The standard InChI is InChI=1S/C18H24N2O4/c1-5-10-24-15-8-6-14(11-16(15)23-4)7-9-17(21)19-12-18(22)20-13(2)3/h5-9,11,13H,1,10,12H2,2-4H3,(H,19,21)(H,20,22)/b9-7+. The van der Waals surface area contributed by atoms with Gasteiger partial charge in [0.2, 0.25) is 11.8 Å². The van der Waals surface area contributed by atoms with E-state index < -0.39 is 0 Å². The van der Waals surface area contributed by atoms with E-state index >= 15 is 0 Å². The Labute approximate surface area is 142 Å². The lowest BCUT2D eigenvalue weighted by molar-refractivity contribution is -0.124. The van der Waals surface area contributed by atoms with Crippen LogP contribution in [0.1, 0.15) is 19.4 Å². The van der Waals surface area contributed by atoms with Gasteiger partial charge in [-0.05, 0) is 37.6 Å². The molecule has 0 heterocycles. The van der Waals surface area contributed by atoms with Gasteiger partial charge in [-0.1, -0.05) is 18.7 Å². The second-order valence-electron chi connectivity index (χ2n) is 5.28. The Kier molecular flexibility index (Phi) is 8.11. The fourth-order valence-electron chi connectivity index (χ4n) is 1.83. The van der Waals surface area contributed by atoms with Gasteiger partial charge in [0, 0.05) is 12.1 Å². The van der Waals surface area contributed by atoms with Crippen LogP contribution in [0.2, 0.25) is 0 Å². The molecule has 1 aromatic carbocycles. The molecule has 6 nitrogen and oxygen atoms in total. The highest BCUT2D eigenvalue weighted by Crippen LogP contribution is 2.28. The zero-order chi connectivity index (χ0) is 17.9. The number of rotatable bonds is 9. The molecule has 0 aromatic heterocycles. The quantitative estimate of drug-likeness (QED) is 0.535. The summed E-state index contributed by atoms with van der Waals surface area (Å²) in [6, 6.07) is 5.36. The van der Waals surface area contributed by atoms with E-state index in [0.717, 1.165) is 5.56 Å². The number of methoxy groups -OCH3 is 1. The highest BCUT2D eigenvalue weighted by atomic mass is 16.5. The van der Waals surface area contributed by atoms with E-state index in [0.29, 0.717) is 18.1 Å². The lowest BCUT2D eigenvalue weighted by Crippen LogP contribution is -2.39.